The van der Waals surface area contributed by atoms with Crippen LogP contribution >= 0.6 is 0 Å². The summed E-state index contributed by atoms with van der Waals surface area (Å²) in [6, 6.07) is 19.8. The van der Waals surface area contributed by atoms with Gasteiger partial charge in [0.1, 0.15) is 18.2 Å². The summed E-state index contributed by atoms with van der Waals surface area (Å²) in [7, 11) is 3.14. The van der Waals surface area contributed by atoms with Crippen LogP contribution in [-0.2, 0) is 4.74 Å². The Morgan fingerprint density at radius 2 is 1.69 bits per heavy atom. The topological polar surface area (TPSA) is 99.5 Å². The summed E-state index contributed by atoms with van der Waals surface area (Å²) in [5.74, 6) is 0.774. The third-order valence-corrected chi connectivity index (χ3v) is 4.91. The van der Waals surface area contributed by atoms with Gasteiger partial charge in [-0.3, -0.25) is 0 Å². The summed E-state index contributed by atoms with van der Waals surface area (Å²) in [5, 5.41) is 9.98. The van der Waals surface area contributed by atoms with Gasteiger partial charge < -0.3 is 24.8 Å². The molecule has 35 heavy (non-hydrogen) atoms. The number of carbonyl (C=O) groups is 1. The van der Waals surface area contributed by atoms with Gasteiger partial charge in [0, 0.05) is 30.1 Å². The average Bonchev–Trinajstić information content (AvgIpc) is 3.29. The zero-order valence-electron chi connectivity index (χ0n) is 19.2. The van der Waals surface area contributed by atoms with Crippen molar-refractivity contribution in [3.8, 4) is 28.8 Å². The van der Waals surface area contributed by atoms with Crippen LogP contribution in [0.1, 0.15) is 0 Å². The number of nitrogens with one attached hydrogen (secondary N) is 2. The number of hydrogen-bond acceptors (Lipinski definition) is 6. The Morgan fingerprint density at radius 3 is 2.40 bits per heavy atom. The minimum atomic E-state index is -0.396. The number of amides is 2. The number of hydrogen-bond donors (Lipinski definition) is 2. The van der Waals surface area contributed by atoms with E-state index in [-0.39, 0.29) is 18.4 Å². The molecule has 9 nitrogen and oxygen atoms in total. The number of urea groups is 1. The molecule has 0 aliphatic heterocycles. The number of benzene rings is 3. The second kappa shape index (κ2) is 11.1. The highest BCUT2D eigenvalue weighted by Crippen LogP contribution is 2.25. The maximum Gasteiger partial charge on any atom is 0.336 e. The molecule has 3 aromatic carbocycles. The van der Waals surface area contributed by atoms with Crippen molar-refractivity contribution in [2.75, 3.05) is 38.1 Å². The molecule has 4 aromatic rings. The summed E-state index contributed by atoms with van der Waals surface area (Å²) >= 11 is 0. The standard InChI is InChI=1S/C25H24FN5O4/c1-33-14-15-35-25-29-23(17-6-8-18(26)9-7-17)31(30-25)21-12-10-19(11-13-21)27-24(32)28-20-4-3-5-22(16-20)34-2/h3-13,16H,14-15H2,1-2H3,(H2,27,28,32). The van der Waals surface area contributed by atoms with Crippen molar-refractivity contribution in [2.45, 2.75) is 0 Å². The lowest BCUT2D eigenvalue weighted by Gasteiger charge is -2.10. The zero-order chi connectivity index (χ0) is 24.6. The molecular formula is C25H24FN5O4. The number of halogens is 1. The molecule has 0 saturated heterocycles. The fourth-order valence-electron chi connectivity index (χ4n) is 3.22. The lowest BCUT2D eigenvalue weighted by atomic mass is 10.2. The monoisotopic (exact) mass is 477 g/mol. The highest BCUT2D eigenvalue weighted by molar-refractivity contribution is 5.99. The molecular weight excluding hydrogens is 453 g/mol. The average molecular weight is 477 g/mol. The normalized spacial score (nSPS) is 10.6. The number of carbonyl (C=O) groups excluding carboxylic acids is 1. The third kappa shape index (κ3) is 6.12. The van der Waals surface area contributed by atoms with Crippen molar-refractivity contribution in [2.24, 2.45) is 0 Å². The van der Waals surface area contributed by atoms with Crippen LogP contribution in [0.3, 0.4) is 0 Å². The Labute approximate surface area is 201 Å². The maximum absolute atomic E-state index is 13.4. The number of rotatable bonds is 9. The Bertz CT molecular complexity index is 1280. The van der Waals surface area contributed by atoms with Crippen LogP contribution in [0.15, 0.2) is 72.8 Å². The van der Waals surface area contributed by atoms with E-state index in [0.29, 0.717) is 40.8 Å². The summed E-state index contributed by atoms with van der Waals surface area (Å²) < 4.78 is 30.8. The predicted molar refractivity (Wildman–Crippen MR) is 130 cm³/mol. The molecule has 180 valence electrons. The van der Waals surface area contributed by atoms with Crippen molar-refractivity contribution in [1.82, 2.24) is 14.8 Å². The molecule has 1 aromatic heterocycles. The Balaban J connectivity index is 1.52. The van der Waals surface area contributed by atoms with Gasteiger partial charge >= 0.3 is 12.0 Å². The van der Waals surface area contributed by atoms with Crippen LogP contribution in [-0.4, -0.2) is 48.2 Å². The van der Waals surface area contributed by atoms with Gasteiger partial charge in [-0.25, -0.2) is 13.9 Å². The van der Waals surface area contributed by atoms with E-state index < -0.39 is 6.03 Å². The minimum absolute atomic E-state index is 0.168. The second-order valence-electron chi connectivity index (χ2n) is 7.34. The summed E-state index contributed by atoms with van der Waals surface area (Å²) in [6.07, 6.45) is 0. The van der Waals surface area contributed by atoms with Gasteiger partial charge in [-0.05, 0) is 60.7 Å². The summed E-state index contributed by atoms with van der Waals surface area (Å²) in [5.41, 5.74) is 2.53. The van der Waals surface area contributed by atoms with E-state index in [2.05, 4.69) is 20.7 Å². The number of aromatic nitrogens is 3. The predicted octanol–water partition coefficient (Wildman–Crippen LogP) is 4.75. The van der Waals surface area contributed by atoms with Crippen molar-refractivity contribution >= 4 is 17.4 Å². The molecule has 0 bridgehead atoms. The van der Waals surface area contributed by atoms with Gasteiger partial charge in [0.25, 0.3) is 0 Å². The van der Waals surface area contributed by atoms with Crippen LogP contribution in [0.2, 0.25) is 0 Å². The summed E-state index contributed by atoms with van der Waals surface area (Å²) in [6.45, 7) is 0.674. The molecule has 2 amide bonds. The van der Waals surface area contributed by atoms with Crippen molar-refractivity contribution in [3.05, 3.63) is 78.6 Å². The van der Waals surface area contributed by atoms with Crippen molar-refractivity contribution in [3.63, 3.8) is 0 Å². The van der Waals surface area contributed by atoms with Gasteiger partial charge in [0.05, 0.1) is 19.4 Å². The fraction of sp³-hybridized carbons (Fsp3) is 0.160. The highest BCUT2D eigenvalue weighted by atomic mass is 19.1. The van der Waals surface area contributed by atoms with Gasteiger partial charge in [0.2, 0.25) is 0 Å². The molecule has 10 heteroatoms. The number of nitrogens with zero attached hydrogens (tertiary/aromatic N) is 3. The Kier molecular flexibility index (Phi) is 7.53. The first-order chi connectivity index (χ1) is 17.1. The van der Waals surface area contributed by atoms with Crippen molar-refractivity contribution < 1.29 is 23.4 Å². The molecule has 2 N–H and O–H groups in total. The Morgan fingerprint density at radius 1 is 0.943 bits per heavy atom. The van der Waals surface area contributed by atoms with Crippen LogP contribution in [0.25, 0.3) is 17.1 Å². The van der Waals surface area contributed by atoms with E-state index >= 15 is 0 Å². The lowest BCUT2D eigenvalue weighted by Crippen LogP contribution is -2.19. The molecule has 0 unspecified atom stereocenters. The van der Waals surface area contributed by atoms with Gasteiger partial charge in [-0.1, -0.05) is 6.07 Å². The van der Waals surface area contributed by atoms with E-state index in [1.165, 1.54) is 12.1 Å². The molecule has 0 fully saturated rings. The molecule has 0 aliphatic rings. The molecule has 0 saturated carbocycles. The van der Waals surface area contributed by atoms with E-state index in [9.17, 15) is 9.18 Å². The van der Waals surface area contributed by atoms with Gasteiger partial charge in [0.15, 0.2) is 5.82 Å². The van der Waals surface area contributed by atoms with Crippen LogP contribution in [0, 0.1) is 5.82 Å². The third-order valence-electron chi connectivity index (χ3n) is 4.91. The summed E-state index contributed by atoms with van der Waals surface area (Å²) in [4.78, 5) is 16.8. The Hall–Kier alpha value is -4.44. The first-order valence-corrected chi connectivity index (χ1v) is 10.7. The zero-order valence-corrected chi connectivity index (χ0v) is 19.2. The van der Waals surface area contributed by atoms with E-state index in [0.717, 1.165) is 0 Å². The van der Waals surface area contributed by atoms with E-state index in [1.807, 2.05) is 0 Å². The smallest absolute Gasteiger partial charge is 0.336 e. The minimum Gasteiger partial charge on any atom is -0.497 e. The largest absolute Gasteiger partial charge is 0.497 e. The molecule has 0 aliphatic carbocycles. The first kappa shape index (κ1) is 23.7. The molecule has 0 spiro atoms. The molecule has 4 rings (SSSR count). The maximum atomic E-state index is 13.4. The van der Waals surface area contributed by atoms with Crippen LogP contribution < -0.4 is 20.1 Å². The van der Waals surface area contributed by atoms with E-state index in [4.69, 9.17) is 14.2 Å². The lowest BCUT2D eigenvalue weighted by molar-refractivity contribution is 0.141. The number of ether oxygens (including phenoxy) is 3. The van der Waals surface area contributed by atoms with Gasteiger partial charge in [-0.2, -0.15) is 4.98 Å². The van der Waals surface area contributed by atoms with Gasteiger partial charge in [-0.15, -0.1) is 5.10 Å². The molecule has 0 atom stereocenters. The SMILES string of the molecule is COCCOc1nc(-c2ccc(F)cc2)n(-c2ccc(NC(=O)Nc3cccc(OC)c3)cc2)n1. The quantitative estimate of drug-likeness (QED) is 0.338. The van der Waals surface area contributed by atoms with Crippen LogP contribution in [0.4, 0.5) is 20.6 Å². The molecule has 1 heterocycles. The number of methoxy groups -OCH3 is 2. The molecule has 0 radical (unpaired) electrons. The first-order valence-electron chi connectivity index (χ1n) is 10.7. The highest BCUT2D eigenvalue weighted by Gasteiger charge is 2.15. The fourth-order valence-corrected chi connectivity index (χ4v) is 3.22. The van der Waals surface area contributed by atoms with E-state index in [1.54, 1.807) is 79.6 Å². The number of anilines is 2. The van der Waals surface area contributed by atoms with Crippen molar-refractivity contribution in [1.29, 1.82) is 0 Å². The second-order valence-corrected chi connectivity index (χ2v) is 7.34. The van der Waals surface area contributed by atoms with Crippen LogP contribution in [0.5, 0.6) is 11.8 Å².